The van der Waals surface area contributed by atoms with Gasteiger partial charge in [-0.25, -0.2) is 4.98 Å². The molecule has 0 aliphatic heterocycles. The van der Waals surface area contributed by atoms with Gasteiger partial charge >= 0.3 is 0 Å². The summed E-state index contributed by atoms with van der Waals surface area (Å²) in [5, 5.41) is 5.54. The van der Waals surface area contributed by atoms with E-state index in [-0.39, 0.29) is 11.9 Å². The lowest BCUT2D eigenvalue weighted by atomic mass is 9.90. The molecule has 0 radical (unpaired) electrons. The van der Waals surface area contributed by atoms with Crippen LogP contribution in [0.3, 0.4) is 0 Å². The summed E-state index contributed by atoms with van der Waals surface area (Å²) in [7, 11) is 0. The van der Waals surface area contributed by atoms with Gasteiger partial charge in [-0.05, 0) is 30.9 Å². The summed E-state index contributed by atoms with van der Waals surface area (Å²) in [6, 6.07) is 17.4. The normalized spacial score (nSPS) is 12.1. The van der Waals surface area contributed by atoms with Gasteiger partial charge in [0.2, 0.25) is 0 Å². The number of nitrogens with zero attached hydrogens (tertiary/aromatic N) is 1. The number of hydrogen-bond acceptors (Lipinski definition) is 2. The molecule has 1 N–H and O–H groups in total. The van der Waals surface area contributed by atoms with Crippen LogP contribution in [-0.2, 0) is 0 Å². The minimum absolute atomic E-state index is 0.106. The molecule has 2 aromatic carbocycles. The summed E-state index contributed by atoms with van der Waals surface area (Å²) in [6.07, 6.45) is 0.872. The zero-order chi connectivity index (χ0) is 17.1. The lowest BCUT2D eigenvalue weighted by Crippen LogP contribution is -2.32. The quantitative estimate of drug-likeness (QED) is 0.721. The number of halogens is 1. The molecule has 1 aromatic heterocycles. The lowest BCUT2D eigenvalue weighted by Gasteiger charge is -2.13. The third-order valence-electron chi connectivity index (χ3n) is 4.09. The summed E-state index contributed by atoms with van der Waals surface area (Å²) in [5.74, 6) is -0.164. The van der Waals surface area contributed by atoms with E-state index in [1.54, 1.807) is 0 Å². The molecule has 24 heavy (non-hydrogen) atoms. The number of aromatic nitrogens is 1. The first-order valence-electron chi connectivity index (χ1n) is 8.05. The van der Waals surface area contributed by atoms with E-state index in [1.807, 2.05) is 68.4 Å². The predicted octanol–water partition coefficient (Wildman–Crippen LogP) is 5.08. The largest absolute Gasteiger partial charge is 0.348 e. The van der Waals surface area contributed by atoms with Gasteiger partial charge in [-0.1, -0.05) is 61.0 Å². The molecular formula is C20H19ClN2O. The van der Waals surface area contributed by atoms with Gasteiger partial charge in [0.05, 0.1) is 5.69 Å². The molecule has 4 heteroatoms. The minimum Gasteiger partial charge on any atom is -0.348 e. The average Bonchev–Trinajstić information content (AvgIpc) is 2.61. The molecule has 0 saturated carbocycles. The van der Waals surface area contributed by atoms with Gasteiger partial charge in [0, 0.05) is 22.0 Å². The predicted molar refractivity (Wildman–Crippen MR) is 99.4 cm³/mol. The Balaban J connectivity index is 2.17. The van der Waals surface area contributed by atoms with Crippen LogP contribution in [0.25, 0.3) is 22.0 Å². The molecule has 0 aliphatic rings. The molecule has 1 heterocycles. The van der Waals surface area contributed by atoms with E-state index in [0.717, 1.165) is 28.5 Å². The molecule has 1 amide bonds. The molecule has 0 bridgehead atoms. The van der Waals surface area contributed by atoms with Crippen molar-refractivity contribution in [2.24, 2.45) is 0 Å². The van der Waals surface area contributed by atoms with Crippen LogP contribution in [0.15, 0.2) is 54.6 Å². The number of amides is 1. The van der Waals surface area contributed by atoms with Crippen molar-refractivity contribution in [3.8, 4) is 11.3 Å². The van der Waals surface area contributed by atoms with E-state index in [4.69, 9.17) is 11.6 Å². The Kier molecular flexibility index (Phi) is 4.81. The Bertz CT molecular complexity index is 892. The SMILES string of the molecule is CCC(C)N[11C](=O)c1cc2ccccc2c(-c2ccccc2Cl)n1. The zero-order valence-electron chi connectivity index (χ0n) is 13.7. The second-order valence-corrected chi connectivity index (χ2v) is 6.25. The number of hydrogen-bond donors (Lipinski definition) is 1. The maximum atomic E-state index is 12.5. The van der Waals surface area contributed by atoms with Crippen molar-refractivity contribution in [3.63, 3.8) is 0 Å². The van der Waals surface area contributed by atoms with E-state index in [9.17, 15) is 4.79 Å². The summed E-state index contributed by atoms with van der Waals surface area (Å²) in [6.45, 7) is 4.02. The lowest BCUT2D eigenvalue weighted by molar-refractivity contribution is 0.0934. The van der Waals surface area contributed by atoms with Crippen LogP contribution >= 0.6 is 11.6 Å². The molecular weight excluding hydrogens is 319 g/mol. The number of rotatable bonds is 4. The Morgan fingerprint density at radius 2 is 1.88 bits per heavy atom. The summed E-state index contributed by atoms with van der Waals surface area (Å²) in [4.78, 5) is 17.1. The highest BCUT2D eigenvalue weighted by Gasteiger charge is 2.15. The third kappa shape index (κ3) is 3.26. The molecule has 0 spiro atoms. The average molecular weight is 338 g/mol. The van der Waals surface area contributed by atoms with Gasteiger partial charge in [-0.3, -0.25) is 4.79 Å². The summed E-state index contributed by atoms with van der Waals surface area (Å²) < 4.78 is 0. The second kappa shape index (κ2) is 7.02. The van der Waals surface area contributed by atoms with Gasteiger partial charge in [0.25, 0.3) is 5.91 Å². The molecule has 122 valence electrons. The minimum atomic E-state index is -0.164. The highest BCUT2D eigenvalue weighted by molar-refractivity contribution is 6.33. The van der Waals surface area contributed by atoms with Crippen molar-refractivity contribution >= 4 is 28.3 Å². The standard InChI is InChI=1S/C20H19ClN2O/c1-3-13(2)22-20(24)18-12-14-8-4-5-9-15(14)19(23-18)16-10-6-7-11-17(16)21/h4-13H,3H2,1-2H3,(H,22,24)/i20-1. The zero-order valence-corrected chi connectivity index (χ0v) is 14.5. The van der Waals surface area contributed by atoms with Crippen LogP contribution in [-0.4, -0.2) is 16.9 Å². The highest BCUT2D eigenvalue weighted by Crippen LogP contribution is 2.32. The maximum absolute atomic E-state index is 12.5. The van der Waals surface area contributed by atoms with Gasteiger partial charge in [-0.15, -0.1) is 0 Å². The monoisotopic (exact) mass is 337 g/mol. The van der Waals surface area contributed by atoms with Crippen LogP contribution in [0.2, 0.25) is 5.02 Å². The van der Waals surface area contributed by atoms with E-state index in [1.165, 1.54) is 0 Å². The van der Waals surface area contributed by atoms with Gasteiger partial charge in [0.1, 0.15) is 5.69 Å². The number of carbonyl (C=O) groups excluding carboxylic acids is 1. The van der Waals surface area contributed by atoms with Crippen LogP contribution in [0.1, 0.15) is 30.8 Å². The van der Waals surface area contributed by atoms with Crippen molar-refractivity contribution in [2.45, 2.75) is 26.3 Å². The topological polar surface area (TPSA) is 42.0 Å². The Morgan fingerprint density at radius 1 is 1.17 bits per heavy atom. The molecule has 1 unspecified atom stereocenters. The van der Waals surface area contributed by atoms with E-state index < -0.39 is 0 Å². The van der Waals surface area contributed by atoms with Crippen LogP contribution in [0.5, 0.6) is 0 Å². The number of nitrogens with one attached hydrogen (secondary N) is 1. The van der Waals surface area contributed by atoms with Crippen LogP contribution in [0, 0.1) is 0 Å². The Labute approximate surface area is 146 Å². The molecule has 0 aliphatic carbocycles. The van der Waals surface area contributed by atoms with Gasteiger partial charge < -0.3 is 5.32 Å². The van der Waals surface area contributed by atoms with Crippen molar-refractivity contribution in [2.75, 3.05) is 0 Å². The van der Waals surface area contributed by atoms with Crippen LogP contribution in [0.4, 0.5) is 0 Å². The number of pyridine rings is 1. The molecule has 0 fully saturated rings. The number of benzene rings is 2. The first-order valence-corrected chi connectivity index (χ1v) is 8.43. The second-order valence-electron chi connectivity index (χ2n) is 5.84. The van der Waals surface area contributed by atoms with Gasteiger partial charge in [-0.2, -0.15) is 0 Å². The first-order chi connectivity index (χ1) is 11.6. The fraction of sp³-hybridized carbons (Fsp3) is 0.200. The molecule has 3 rings (SSSR count). The molecule has 0 saturated heterocycles. The fourth-order valence-corrected chi connectivity index (χ4v) is 2.80. The maximum Gasteiger partial charge on any atom is 0.270 e. The molecule has 1 atom stereocenters. The van der Waals surface area contributed by atoms with Gasteiger partial charge in [0.15, 0.2) is 0 Å². The van der Waals surface area contributed by atoms with E-state index >= 15 is 0 Å². The van der Waals surface area contributed by atoms with Crippen LogP contribution < -0.4 is 5.32 Å². The summed E-state index contributed by atoms with van der Waals surface area (Å²) in [5.41, 5.74) is 1.96. The Morgan fingerprint density at radius 3 is 2.62 bits per heavy atom. The van der Waals surface area contributed by atoms with E-state index in [0.29, 0.717) is 10.7 Å². The van der Waals surface area contributed by atoms with Crippen molar-refractivity contribution in [1.29, 1.82) is 0 Å². The highest BCUT2D eigenvalue weighted by atomic mass is 35.5. The Hall–Kier alpha value is -2.39. The van der Waals surface area contributed by atoms with Crippen molar-refractivity contribution in [3.05, 3.63) is 65.3 Å². The number of carbonyl (C=O) groups is 1. The summed E-state index contributed by atoms with van der Waals surface area (Å²) >= 11 is 6.36. The smallest absolute Gasteiger partial charge is 0.270 e. The molecule has 3 nitrogen and oxygen atoms in total. The molecule has 3 aromatic rings. The first kappa shape index (κ1) is 16.5. The van der Waals surface area contributed by atoms with Crippen molar-refractivity contribution in [1.82, 2.24) is 10.3 Å². The van der Waals surface area contributed by atoms with E-state index in [2.05, 4.69) is 10.3 Å². The number of fused-ring (bicyclic) bond motifs is 1. The van der Waals surface area contributed by atoms with Crippen molar-refractivity contribution < 1.29 is 4.79 Å². The fourth-order valence-electron chi connectivity index (χ4n) is 2.57. The third-order valence-corrected chi connectivity index (χ3v) is 4.42.